The van der Waals surface area contributed by atoms with Gasteiger partial charge in [0.05, 0.1) is 7.11 Å². The average molecular weight is 461 g/mol. The van der Waals surface area contributed by atoms with Crippen LogP contribution < -0.4 is 14.8 Å². The second kappa shape index (κ2) is 10.7. The molecule has 0 bridgehead atoms. The van der Waals surface area contributed by atoms with Crippen LogP contribution >= 0.6 is 11.6 Å². The van der Waals surface area contributed by atoms with Gasteiger partial charge in [-0.25, -0.2) is 0 Å². The van der Waals surface area contributed by atoms with Gasteiger partial charge in [-0.05, 0) is 82.5 Å². The molecular weight excluding hydrogens is 428 g/mol. The third kappa shape index (κ3) is 7.16. The van der Waals surface area contributed by atoms with E-state index in [1.54, 1.807) is 26.2 Å². The topological polar surface area (TPSA) is 67.9 Å². The SMILES string of the molecule is COc1ccc(CN(C(=O)COc2cc(C)c(Cl)c(C)c2)[C@H](C)C(=O)NC(C)(C)C)cc1. The van der Waals surface area contributed by atoms with Crippen LogP contribution in [0.25, 0.3) is 0 Å². The maximum absolute atomic E-state index is 13.2. The van der Waals surface area contributed by atoms with Crippen molar-refractivity contribution < 1.29 is 19.1 Å². The number of carbonyl (C=O) groups excluding carboxylic acids is 2. The number of carbonyl (C=O) groups is 2. The van der Waals surface area contributed by atoms with Crippen molar-refractivity contribution in [3.8, 4) is 11.5 Å². The summed E-state index contributed by atoms with van der Waals surface area (Å²) in [6.45, 7) is 11.3. The van der Waals surface area contributed by atoms with Crippen LogP contribution in [-0.4, -0.2) is 42.0 Å². The maximum Gasteiger partial charge on any atom is 0.261 e. The molecule has 0 aliphatic carbocycles. The number of rotatable bonds is 8. The summed E-state index contributed by atoms with van der Waals surface area (Å²) in [5.41, 5.74) is 2.23. The van der Waals surface area contributed by atoms with E-state index >= 15 is 0 Å². The Morgan fingerprint density at radius 3 is 2.12 bits per heavy atom. The van der Waals surface area contributed by atoms with Crippen molar-refractivity contribution in [2.75, 3.05) is 13.7 Å². The first-order valence-electron chi connectivity index (χ1n) is 10.5. The van der Waals surface area contributed by atoms with Crippen LogP contribution in [0.2, 0.25) is 5.02 Å². The molecule has 0 aliphatic rings. The molecule has 6 nitrogen and oxygen atoms in total. The van der Waals surface area contributed by atoms with Gasteiger partial charge in [0.15, 0.2) is 6.61 Å². The van der Waals surface area contributed by atoms with Crippen molar-refractivity contribution >= 4 is 23.4 Å². The van der Waals surface area contributed by atoms with Crippen LogP contribution in [0.15, 0.2) is 36.4 Å². The number of hydrogen-bond donors (Lipinski definition) is 1. The number of hydrogen-bond acceptors (Lipinski definition) is 4. The van der Waals surface area contributed by atoms with Crippen molar-refractivity contribution in [1.82, 2.24) is 10.2 Å². The van der Waals surface area contributed by atoms with Crippen molar-refractivity contribution in [2.24, 2.45) is 0 Å². The Bertz CT molecular complexity index is 928. The van der Waals surface area contributed by atoms with Crippen LogP contribution in [0.1, 0.15) is 44.4 Å². The smallest absolute Gasteiger partial charge is 0.261 e. The van der Waals surface area contributed by atoms with Gasteiger partial charge in [-0.15, -0.1) is 0 Å². The van der Waals surface area contributed by atoms with Crippen molar-refractivity contribution in [3.05, 3.63) is 58.1 Å². The summed E-state index contributed by atoms with van der Waals surface area (Å²) in [6.07, 6.45) is 0. The first-order valence-corrected chi connectivity index (χ1v) is 10.9. The van der Waals surface area contributed by atoms with E-state index in [1.165, 1.54) is 4.90 Å². The molecule has 1 atom stereocenters. The minimum absolute atomic E-state index is 0.191. The van der Waals surface area contributed by atoms with E-state index < -0.39 is 11.6 Å². The van der Waals surface area contributed by atoms with E-state index in [1.807, 2.05) is 58.9 Å². The molecule has 7 heteroatoms. The second-order valence-electron chi connectivity index (χ2n) is 8.94. The fraction of sp³-hybridized carbons (Fsp3) is 0.440. The van der Waals surface area contributed by atoms with E-state index in [0.29, 0.717) is 10.8 Å². The monoisotopic (exact) mass is 460 g/mol. The average Bonchev–Trinajstić information content (AvgIpc) is 2.72. The van der Waals surface area contributed by atoms with Crippen LogP contribution in [0.3, 0.4) is 0 Å². The van der Waals surface area contributed by atoms with E-state index in [4.69, 9.17) is 21.1 Å². The number of halogens is 1. The second-order valence-corrected chi connectivity index (χ2v) is 9.32. The summed E-state index contributed by atoms with van der Waals surface area (Å²) in [4.78, 5) is 27.5. The summed E-state index contributed by atoms with van der Waals surface area (Å²) in [7, 11) is 1.60. The van der Waals surface area contributed by atoms with E-state index in [-0.39, 0.29) is 25.0 Å². The largest absolute Gasteiger partial charge is 0.497 e. The van der Waals surface area contributed by atoms with Crippen LogP contribution in [0.4, 0.5) is 0 Å². The lowest BCUT2D eigenvalue weighted by Gasteiger charge is -2.31. The molecule has 0 fully saturated rings. The molecule has 1 N–H and O–H groups in total. The fourth-order valence-electron chi connectivity index (χ4n) is 3.20. The van der Waals surface area contributed by atoms with Gasteiger partial charge in [0.2, 0.25) is 5.91 Å². The van der Waals surface area contributed by atoms with Gasteiger partial charge in [-0.3, -0.25) is 9.59 Å². The van der Waals surface area contributed by atoms with Gasteiger partial charge in [-0.1, -0.05) is 23.7 Å². The lowest BCUT2D eigenvalue weighted by Crippen LogP contribution is -2.53. The lowest BCUT2D eigenvalue weighted by atomic mass is 10.1. The van der Waals surface area contributed by atoms with E-state index in [9.17, 15) is 9.59 Å². The van der Waals surface area contributed by atoms with Gasteiger partial charge in [0.25, 0.3) is 5.91 Å². The van der Waals surface area contributed by atoms with Gasteiger partial charge < -0.3 is 19.7 Å². The fourth-order valence-corrected chi connectivity index (χ4v) is 3.31. The normalized spacial score (nSPS) is 12.1. The molecule has 174 valence electrons. The Balaban J connectivity index is 2.21. The number of benzene rings is 2. The zero-order valence-electron chi connectivity index (χ0n) is 19.9. The molecule has 0 saturated heterocycles. The highest BCUT2D eigenvalue weighted by molar-refractivity contribution is 6.32. The molecule has 2 rings (SSSR count). The number of nitrogens with one attached hydrogen (secondary N) is 1. The molecule has 0 spiro atoms. The van der Waals surface area contributed by atoms with E-state index in [0.717, 1.165) is 22.4 Å². The summed E-state index contributed by atoms with van der Waals surface area (Å²) >= 11 is 6.22. The molecule has 0 heterocycles. The number of amides is 2. The third-order valence-corrected chi connectivity index (χ3v) is 5.55. The first-order chi connectivity index (χ1) is 14.9. The Hall–Kier alpha value is -2.73. The lowest BCUT2D eigenvalue weighted by molar-refractivity contribution is -0.142. The molecule has 0 aliphatic heterocycles. The Morgan fingerprint density at radius 2 is 1.62 bits per heavy atom. The molecule has 0 aromatic heterocycles. The van der Waals surface area contributed by atoms with Crippen LogP contribution in [0, 0.1) is 13.8 Å². The molecular formula is C25H33ClN2O4. The van der Waals surface area contributed by atoms with Gasteiger partial charge >= 0.3 is 0 Å². The Kier molecular flexibility index (Phi) is 8.56. The molecule has 0 radical (unpaired) electrons. The predicted octanol–water partition coefficient (Wildman–Crippen LogP) is 4.68. The standard InChI is InChI=1S/C25H33ClN2O4/c1-16-12-21(13-17(2)23(16)26)32-15-22(29)28(18(3)24(30)27-25(4,5)6)14-19-8-10-20(31-7)11-9-19/h8-13,18H,14-15H2,1-7H3,(H,27,30)/t18-/m1/s1. The number of methoxy groups -OCH3 is 1. The van der Waals surface area contributed by atoms with Crippen molar-refractivity contribution in [3.63, 3.8) is 0 Å². The highest BCUT2D eigenvalue weighted by Gasteiger charge is 2.28. The zero-order chi connectivity index (χ0) is 24.1. The summed E-state index contributed by atoms with van der Waals surface area (Å²) in [5, 5.41) is 3.62. The van der Waals surface area contributed by atoms with Crippen molar-refractivity contribution in [2.45, 2.75) is 59.7 Å². The number of ether oxygens (including phenoxy) is 2. The Morgan fingerprint density at radius 1 is 1.06 bits per heavy atom. The maximum atomic E-state index is 13.2. The predicted molar refractivity (Wildman–Crippen MR) is 127 cm³/mol. The zero-order valence-corrected chi connectivity index (χ0v) is 20.7. The van der Waals surface area contributed by atoms with Crippen LogP contribution in [0.5, 0.6) is 11.5 Å². The molecule has 0 unspecified atom stereocenters. The molecule has 0 saturated carbocycles. The van der Waals surface area contributed by atoms with E-state index in [2.05, 4.69) is 5.32 Å². The third-order valence-electron chi connectivity index (χ3n) is 4.95. The van der Waals surface area contributed by atoms with Crippen molar-refractivity contribution in [1.29, 1.82) is 0 Å². The van der Waals surface area contributed by atoms with Gasteiger partial charge in [0.1, 0.15) is 17.5 Å². The summed E-state index contributed by atoms with van der Waals surface area (Å²) in [5.74, 6) is 0.774. The van der Waals surface area contributed by atoms with Gasteiger partial charge in [0, 0.05) is 17.1 Å². The minimum atomic E-state index is -0.680. The highest BCUT2D eigenvalue weighted by atomic mass is 35.5. The molecule has 2 aromatic rings. The quantitative estimate of drug-likeness (QED) is 0.621. The number of nitrogens with zero attached hydrogens (tertiary/aromatic N) is 1. The summed E-state index contributed by atoms with van der Waals surface area (Å²) < 4.78 is 11.0. The molecule has 32 heavy (non-hydrogen) atoms. The molecule has 2 aromatic carbocycles. The summed E-state index contributed by atoms with van der Waals surface area (Å²) in [6, 6.07) is 10.3. The minimum Gasteiger partial charge on any atom is -0.497 e. The van der Waals surface area contributed by atoms with Gasteiger partial charge in [-0.2, -0.15) is 0 Å². The number of aryl methyl sites for hydroxylation is 2. The molecule has 2 amide bonds. The Labute approximate surface area is 195 Å². The first kappa shape index (κ1) is 25.5. The van der Waals surface area contributed by atoms with Crippen LogP contribution in [-0.2, 0) is 16.1 Å². The highest BCUT2D eigenvalue weighted by Crippen LogP contribution is 2.26.